The van der Waals surface area contributed by atoms with E-state index in [9.17, 15) is 8.78 Å². The summed E-state index contributed by atoms with van der Waals surface area (Å²) >= 11 is 1.35. The fraction of sp³-hybridized carbons (Fsp3) is 0.667. The first-order valence-electron chi connectivity index (χ1n) is 3.65. The molecule has 0 spiro atoms. The third-order valence-electron chi connectivity index (χ3n) is 1.13. The average Bonchev–Trinajstić information content (AvgIpc) is 2.55. The van der Waals surface area contributed by atoms with Gasteiger partial charge in [0.15, 0.2) is 0 Å². The van der Waals surface area contributed by atoms with Gasteiger partial charge in [-0.15, -0.1) is 10.2 Å². The maximum absolute atomic E-state index is 11.6. The van der Waals surface area contributed by atoms with Crippen molar-refractivity contribution in [1.82, 2.24) is 10.2 Å². The molecule has 1 aromatic heterocycles. The summed E-state index contributed by atoms with van der Waals surface area (Å²) in [5, 5.41) is 10.8. The Morgan fingerprint density at radius 3 is 3.08 bits per heavy atom. The van der Waals surface area contributed by atoms with Crippen LogP contribution >= 0.6 is 11.3 Å². The van der Waals surface area contributed by atoms with Gasteiger partial charge in [0.05, 0.1) is 6.61 Å². The molecule has 0 unspecified atom stereocenters. The molecule has 0 saturated heterocycles. The van der Waals surface area contributed by atoms with Gasteiger partial charge in [-0.25, -0.2) is 8.78 Å². The molecule has 74 valence electrons. The van der Waals surface area contributed by atoms with Crippen LogP contribution in [0.1, 0.15) is 0 Å². The number of nitrogens with one attached hydrogen (secondary N) is 1. The van der Waals surface area contributed by atoms with E-state index in [-0.39, 0.29) is 6.61 Å². The van der Waals surface area contributed by atoms with Crippen molar-refractivity contribution >= 4 is 16.5 Å². The number of ether oxygens (including phenoxy) is 1. The second kappa shape index (κ2) is 5.76. The Kier molecular flexibility index (Phi) is 4.55. The van der Waals surface area contributed by atoms with Crippen LogP contribution in [0, 0.1) is 0 Å². The third-order valence-corrected chi connectivity index (χ3v) is 1.78. The Morgan fingerprint density at radius 2 is 2.46 bits per heavy atom. The maximum atomic E-state index is 11.6. The maximum Gasteiger partial charge on any atom is 0.261 e. The van der Waals surface area contributed by atoms with Gasteiger partial charge in [0.2, 0.25) is 5.13 Å². The zero-order valence-corrected chi connectivity index (χ0v) is 7.56. The molecule has 0 amide bonds. The first-order chi connectivity index (χ1) is 6.29. The summed E-state index contributed by atoms with van der Waals surface area (Å²) in [6.45, 7) is 0.184. The molecule has 0 saturated carbocycles. The summed E-state index contributed by atoms with van der Waals surface area (Å²) in [5.74, 6) is 0. The summed E-state index contributed by atoms with van der Waals surface area (Å²) < 4.78 is 27.8. The van der Waals surface area contributed by atoms with E-state index >= 15 is 0 Å². The average molecular weight is 209 g/mol. The van der Waals surface area contributed by atoms with Crippen molar-refractivity contribution in [2.45, 2.75) is 6.43 Å². The molecule has 1 heterocycles. The van der Waals surface area contributed by atoms with E-state index in [1.165, 1.54) is 11.3 Å². The quantitative estimate of drug-likeness (QED) is 0.716. The number of halogens is 2. The van der Waals surface area contributed by atoms with Crippen molar-refractivity contribution in [3.8, 4) is 0 Å². The fourth-order valence-corrected chi connectivity index (χ4v) is 1.13. The highest BCUT2D eigenvalue weighted by Gasteiger charge is 2.01. The summed E-state index contributed by atoms with van der Waals surface area (Å²) in [7, 11) is 0. The lowest BCUT2D eigenvalue weighted by Gasteiger charge is -2.03. The molecule has 0 bridgehead atoms. The third kappa shape index (κ3) is 4.69. The second-order valence-electron chi connectivity index (χ2n) is 2.14. The second-order valence-corrected chi connectivity index (χ2v) is 2.97. The number of hydrogen-bond acceptors (Lipinski definition) is 5. The first kappa shape index (κ1) is 10.3. The number of rotatable bonds is 6. The van der Waals surface area contributed by atoms with E-state index in [4.69, 9.17) is 0 Å². The van der Waals surface area contributed by atoms with Crippen molar-refractivity contribution in [2.75, 3.05) is 25.1 Å². The van der Waals surface area contributed by atoms with Crippen LogP contribution in [0.25, 0.3) is 0 Å². The Balaban J connectivity index is 1.96. The summed E-state index contributed by atoms with van der Waals surface area (Å²) in [5.41, 5.74) is 1.59. The molecule has 13 heavy (non-hydrogen) atoms. The highest BCUT2D eigenvalue weighted by molar-refractivity contribution is 7.13. The molecule has 0 aliphatic rings. The minimum absolute atomic E-state index is 0.240. The van der Waals surface area contributed by atoms with Crippen LogP contribution in [0.3, 0.4) is 0 Å². The van der Waals surface area contributed by atoms with E-state index in [0.29, 0.717) is 11.7 Å². The number of nitrogens with zero attached hydrogens (tertiary/aromatic N) is 2. The molecular weight excluding hydrogens is 200 g/mol. The van der Waals surface area contributed by atoms with Crippen LogP contribution in [0.4, 0.5) is 13.9 Å². The van der Waals surface area contributed by atoms with Gasteiger partial charge >= 0.3 is 0 Å². The van der Waals surface area contributed by atoms with E-state index in [1.54, 1.807) is 5.51 Å². The Bertz CT molecular complexity index is 220. The predicted octanol–water partition coefficient (Wildman–Crippen LogP) is 1.23. The number of hydrogen-bond donors (Lipinski definition) is 1. The minimum atomic E-state index is -2.40. The number of alkyl halides is 2. The standard InChI is InChI=1S/C6H9F2N3OS/c7-5(8)3-12-2-1-9-6-11-10-4-13-6/h4-5H,1-3H2,(H,9,11). The van der Waals surface area contributed by atoms with Gasteiger partial charge in [-0.05, 0) is 0 Å². The van der Waals surface area contributed by atoms with Crippen LogP contribution in [-0.2, 0) is 4.74 Å². The van der Waals surface area contributed by atoms with Crippen LogP contribution in [0.5, 0.6) is 0 Å². The number of anilines is 1. The SMILES string of the molecule is FC(F)COCCNc1nncs1. The minimum Gasteiger partial charge on any atom is -0.374 e. The summed E-state index contributed by atoms with van der Waals surface area (Å²) in [6, 6.07) is 0. The summed E-state index contributed by atoms with van der Waals surface area (Å²) in [4.78, 5) is 0. The van der Waals surface area contributed by atoms with Gasteiger partial charge in [0.25, 0.3) is 6.43 Å². The van der Waals surface area contributed by atoms with Gasteiger partial charge in [0.1, 0.15) is 12.1 Å². The largest absolute Gasteiger partial charge is 0.374 e. The Hall–Kier alpha value is -0.820. The number of aromatic nitrogens is 2. The molecule has 4 nitrogen and oxygen atoms in total. The highest BCUT2D eigenvalue weighted by atomic mass is 32.1. The molecule has 7 heteroatoms. The molecule has 0 aliphatic carbocycles. The van der Waals surface area contributed by atoms with E-state index in [0.717, 1.165) is 0 Å². The lowest BCUT2D eigenvalue weighted by atomic mass is 10.7. The topological polar surface area (TPSA) is 47.0 Å². The molecule has 0 atom stereocenters. The molecule has 1 N–H and O–H groups in total. The lowest BCUT2D eigenvalue weighted by molar-refractivity contribution is 0.0215. The zero-order chi connectivity index (χ0) is 9.52. The van der Waals surface area contributed by atoms with Crippen molar-refractivity contribution in [1.29, 1.82) is 0 Å². The van der Waals surface area contributed by atoms with E-state index in [2.05, 4.69) is 20.3 Å². The van der Waals surface area contributed by atoms with Crippen LogP contribution in [-0.4, -0.2) is 36.4 Å². The zero-order valence-electron chi connectivity index (χ0n) is 6.74. The molecule has 0 aromatic carbocycles. The van der Waals surface area contributed by atoms with Gasteiger partial charge in [-0.3, -0.25) is 0 Å². The van der Waals surface area contributed by atoms with Crippen LogP contribution < -0.4 is 5.32 Å². The van der Waals surface area contributed by atoms with Gasteiger partial charge < -0.3 is 10.1 Å². The smallest absolute Gasteiger partial charge is 0.261 e. The molecule has 0 aliphatic heterocycles. The van der Waals surface area contributed by atoms with Crippen molar-refractivity contribution < 1.29 is 13.5 Å². The van der Waals surface area contributed by atoms with E-state index in [1.807, 2.05) is 0 Å². The molecule has 1 aromatic rings. The van der Waals surface area contributed by atoms with Crippen molar-refractivity contribution in [3.63, 3.8) is 0 Å². The monoisotopic (exact) mass is 209 g/mol. The molecule has 0 radical (unpaired) electrons. The van der Waals surface area contributed by atoms with E-state index < -0.39 is 13.0 Å². The normalized spacial score (nSPS) is 10.7. The van der Waals surface area contributed by atoms with Gasteiger partial charge in [-0.2, -0.15) is 0 Å². The lowest BCUT2D eigenvalue weighted by Crippen LogP contribution is -2.12. The van der Waals surface area contributed by atoms with Gasteiger partial charge in [0, 0.05) is 6.54 Å². The molecular formula is C6H9F2N3OS. The molecule has 1 rings (SSSR count). The summed E-state index contributed by atoms with van der Waals surface area (Å²) in [6.07, 6.45) is -2.40. The van der Waals surface area contributed by atoms with Crippen LogP contribution in [0.2, 0.25) is 0 Å². The predicted molar refractivity (Wildman–Crippen MR) is 45.2 cm³/mol. The van der Waals surface area contributed by atoms with Crippen molar-refractivity contribution in [2.24, 2.45) is 0 Å². The highest BCUT2D eigenvalue weighted by Crippen LogP contribution is 2.06. The Labute approximate surface area is 77.9 Å². The molecule has 0 fully saturated rings. The van der Waals surface area contributed by atoms with Crippen LogP contribution in [0.15, 0.2) is 5.51 Å². The first-order valence-corrected chi connectivity index (χ1v) is 4.53. The Morgan fingerprint density at radius 1 is 1.62 bits per heavy atom. The van der Waals surface area contributed by atoms with Crippen molar-refractivity contribution in [3.05, 3.63) is 5.51 Å². The fourth-order valence-electron chi connectivity index (χ4n) is 0.653. The van der Waals surface area contributed by atoms with Gasteiger partial charge in [-0.1, -0.05) is 11.3 Å².